The normalized spacial score (nSPS) is 12.0. The first-order valence-corrected chi connectivity index (χ1v) is 6.96. The molecule has 0 aromatic heterocycles. The predicted octanol–water partition coefficient (Wildman–Crippen LogP) is 4.19. The Kier molecular flexibility index (Phi) is 4.91. The third kappa shape index (κ3) is 3.58. The fourth-order valence-electron chi connectivity index (χ4n) is 2.02. The number of hydrogen-bond donors (Lipinski definition) is 1. The molecule has 5 heteroatoms. The first-order chi connectivity index (χ1) is 10.0. The van der Waals surface area contributed by atoms with Gasteiger partial charge in [0.15, 0.2) is 0 Å². The van der Waals surface area contributed by atoms with Gasteiger partial charge in [-0.2, -0.15) is 0 Å². The molecule has 0 aliphatic rings. The van der Waals surface area contributed by atoms with Gasteiger partial charge in [-0.25, -0.2) is 8.78 Å². The molecule has 2 aromatic rings. The maximum atomic E-state index is 13.6. The molecule has 0 heterocycles. The van der Waals surface area contributed by atoms with Crippen molar-refractivity contribution in [3.8, 4) is 0 Å². The lowest BCUT2D eigenvalue weighted by Gasteiger charge is -2.16. The Morgan fingerprint density at radius 3 is 2.24 bits per heavy atom. The van der Waals surface area contributed by atoms with E-state index in [1.54, 1.807) is 24.3 Å². The van der Waals surface area contributed by atoms with Crippen molar-refractivity contribution in [3.63, 3.8) is 0 Å². The van der Waals surface area contributed by atoms with E-state index >= 15 is 0 Å². The number of amides is 1. The number of nitrogens with one attached hydrogen (secondary N) is 1. The van der Waals surface area contributed by atoms with Gasteiger partial charge in [0.05, 0.1) is 6.04 Å². The number of halogens is 3. The van der Waals surface area contributed by atoms with Crippen molar-refractivity contribution in [2.24, 2.45) is 0 Å². The fourth-order valence-corrected chi connectivity index (χ4v) is 2.20. The zero-order valence-corrected chi connectivity index (χ0v) is 12.1. The Labute approximate surface area is 126 Å². The van der Waals surface area contributed by atoms with Crippen molar-refractivity contribution in [1.82, 2.24) is 5.32 Å². The summed E-state index contributed by atoms with van der Waals surface area (Å²) in [6.07, 6.45) is 0. The monoisotopic (exact) mass is 309 g/mol. The first-order valence-electron chi connectivity index (χ1n) is 6.42. The summed E-state index contributed by atoms with van der Waals surface area (Å²) in [5.41, 5.74) is 1.15. The van der Waals surface area contributed by atoms with Crippen LogP contribution in [0.4, 0.5) is 8.78 Å². The van der Waals surface area contributed by atoms with Gasteiger partial charge >= 0.3 is 0 Å². The number of hydrogen-bond acceptors (Lipinski definition) is 1. The molecule has 1 amide bonds. The molecule has 1 N–H and O–H groups in total. The van der Waals surface area contributed by atoms with Gasteiger partial charge in [-0.1, -0.05) is 18.2 Å². The van der Waals surface area contributed by atoms with Crippen LogP contribution < -0.4 is 5.32 Å². The average Bonchev–Trinajstić information content (AvgIpc) is 2.47. The molecule has 1 unspecified atom stereocenters. The molecule has 0 aliphatic heterocycles. The summed E-state index contributed by atoms with van der Waals surface area (Å²) in [6, 6.07) is 9.55. The summed E-state index contributed by atoms with van der Waals surface area (Å²) in [5, 5.41) is 2.58. The van der Waals surface area contributed by atoms with E-state index < -0.39 is 23.6 Å². The largest absolute Gasteiger partial charge is 0.345 e. The standard InChI is InChI=1S/C16H14ClF2NO/c1-10(15-13(18)3-2-4-14(15)19)20-16(21)12-7-5-11(9-17)6-8-12/h2-8,10H,9H2,1H3,(H,20,21). The van der Waals surface area contributed by atoms with Crippen LogP contribution in [0.15, 0.2) is 42.5 Å². The topological polar surface area (TPSA) is 29.1 Å². The molecule has 21 heavy (non-hydrogen) atoms. The summed E-state index contributed by atoms with van der Waals surface area (Å²) in [5.74, 6) is -1.40. The molecule has 2 rings (SSSR count). The number of alkyl halides is 1. The molecule has 110 valence electrons. The second-order valence-electron chi connectivity index (χ2n) is 4.66. The van der Waals surface area contributed by atoms with Gasteiger partial charge < -0.3 is 5.32 Å². The van der Waals surface area contributed by atoms with Gasteiger partial charge in [0.2, 0.25) is 0 Å². The second-order valence-corrected chi connectivity index (χ2v) is 4.93. The van der Waals surface area contributed by atoms with E-state index in [4.69, 9.17) is 11.6 Å². The lowest BCUT2D eigenvalue weighted by Crippen LogP contribution is -2.27. The van der Waals surface area contributed by atoms with Crippen LogP contribution in [0.1, 0.15) is 34.5 Å². The van der Waals surface area contributed by atoms with Crippen LogP contribution in [-0.2, 0) is 5.88 Å². The summed E-state index contributed by atoms with van der Waals surface area (Å²) in [6.45, 7) is 1.53. The molecule has 0 saturated carbocycles. The van der Waals surface area contributed by atoms with Crippen molar-refractivity contribution in [3.05, 3.63) is 70.8 Å². The van der Waals surface area contributed by atoms with Crippen LogP contribution in [0, 0.1) is 11.6 Å². The quantitative estimate of drug-likeness (QED) is 0.843. The van der Waals surface area contributed by atoms with Gasteiger partial charge in [0.25, 0.3) is 5.91 Å². The van der Waals surface area contributed by atoms with Crippen LogP contribution in [-0.4, -0.2) is 5.91 Å². The van der Waals surface area contributed by atoms with Crippen molar-refractivity contribution in [1.29, 1.82) is 0 Å². The zero-order valence-electron chi connectivity index (χ0n) is 11.4. The van der Waals surface area contributed by atoms with E-state index in [9.17, 15) is 13.6 Å². The molecule has 0 bridgehead atoms. The smallest absolute Gasteiger partial charge is 0.251 e. The van der Waals surface area contributed by atoms with Crippen LogP contribution in [0.5, 0.6) is 0 Å². The first kappa shape index (κ1) is 15.4. The van der Waals surface area contributed by atoms with E-state index in [0.717, 1.165) is 17.7 Å². The Morgan fingerprint density at radius 1 is 1.14 bits per heavy atom. The van der Waals surface area contributed by atoms with Crippen LogP contribution in [0.25, 0.3) is 0 Å². The highest BCUT2D eigenvalue weighted by Gasteiger charge is 2.18. The van der Waals surface area contributed by atoms with E-state index in [1.807, 2.05) is 0 Å². The van der Waals surface area contributed by atoms with Crippen molar-refractivity contribution < 1.29 is 13.6 Å². The Hall–Kier alpha value is -1.94. The minimum absolute atomic E-state index is 0.150. The molecule has 0 aliphatic carbocycles. The summed E-state index contributed by atoms with van der Waals surface area (Å²) >= 11 is 5.67. The molecule has 0 fully saturated rings. The minimum Gasteiger partial charge on any atom is -0.345 e. The summed E-state index contributed by atoms with van der Waals surface area (Å²) in [4.78, 5) is 12.1. The maximum Gasteiger partial charge on any atom is 0.251 e. The molecular weight excluding hydrogens is 296 g/mol. The van der Waals surface area contributed by atoms with Crippen molar-refractivity contribution >= 4 is 17.5 Å². The molecular formula is C16H14ClF2NO. The lowest BCUT2D eigenvalue weighted by atomic mass is 10.1. The third-order valence-electron chi connectivity index (χ3n) is 3.15. The molecule has 2 nitrogen and oxygen atoms in total. The number of carbonyl (C=O) groups is 1. The van der Waals surface area contributed by atoms with E-state index in [-0.39, 0.29) is 5.56 Å². The fraction of sp³-hybridized carbons (Fsp3) is 0.188. The van der Waals surface area contributed by atoms with Crippen LogP contribution in [0.3, 0.4) is 0 Å². The number of carbonyl (C=O) groups excluding carboxylic acids is 1. The molecule has 0 saturated heterocycles. The minimum atomic E-state index is -0.772. The SMILES string of the molecule is CC(NC(=O)c1ccc(CCl)cc1)c1c(F)cccc1F. The Bertz CT molecular complexity index is 623. The Balaban J connectivity index is 2.15. The highest BCUT2D eigenvalue weighted by molar-refractivity contribution is 6.17. The van der Waals surface area contributed by atoms with Crippen molar-refractivity contribution in [2.75, 3.05) is 0 Å². The van der Waals surface area contributed by atoms with Crippen LogP contribution >= 0.6 is 11.6 Å². The molecule has 0 spiro atoms. The number of rotatable bonds is 4. The predicted molar refractivity (Wildman–Crippen MR) is 78.2 cm³/mol. The van der Waals surface area contributed by atoms with Gasteiger partial charge in [-0.15, -0.1) is 11.6 Å². The zero-order chi connectivity index (χ0) is 15.4. The van der Waals surface area contributed by atoms with E-state index in [0.29, 0.717) is 11.4 Å². The highest BCUT2D eigenvalue weighted by Crippen LogP contribution is 2.20. The molecule has 0 radical (unpaired) electrons. The average molecular weight is 310 g/mol. The Morgan fingerprint density at radius 2 is 1.71 bits per heavy atom. The maximum absolute atomic E-state index is 13.6. The second kappa shape index (κ2) is 6.68. The van der Waals surface area contributed by atoms with E-state index in [2.05, 4.69) is 5.32 Å². The van der Waals surface area contributed by atoms with Crippen LogP contribution in [0.2, 0.25) is 0 Å². The summed E-state index contributed by atoms with van der Waals surface area (Å²) < 4.78 is 27.3. The van der Waals surface area contributed by atoms with Gasteiger partial charge in [0, 0.05) is 17.0 Å². The number of benzene rings is 2. The van der Waals surface area contributed by atoms with Gasteiger partial charge in [-0.3, -0.25) is 4.79 Å². The van der Waals surface area contributed by atoms with E-state index in [1.165, 1.54) is 13.0 Å². The molecule has 2 aromatic carbocycles. The highest BCUT2D eigenvalue weighted by atomic mass is 35.5. The lowest BCUT2D eigenvalue weighted by molar-refractivity contribution is 0.0939. The molecule has 1 atom stereocenters. The third-order valence-corrected chi connectivity index (χ3v) is 3.46. The summed E-state index contributed by atoms with van der Waals surface area (Å²) in [7, 11) is 0. The van der Waals surface area contributed by atoms with Gasteiger partial charge in [-0.05, 0) is 36.8 Å². The van der Waals surface area contributed by atoms with Crippen molar-refractivity contribution in [2.45, 2.75) is 18.8 Å². The van der Waals surface area contributed by atoms with Gasteiger partial charge in [0.1, 0.15) is 11.6 Å².